The molecule has 1 rings (SSSR count). The van der Waals surface area contributed by atoms with Crippen molar-refractivity contribution in [3.05, 3.63) is 37.2 Å². The highest BCUT2D eigenvalue weighted by atomic mass is 16.8. The Hall–Kier alpha value is -2.04. The highest BCUT2D eigenvalue weighted by Gasteiger charge is 2.34. The summed E-state index contributed by atoms with van der Waals surface area (Å²) in [5.41, 5.74) is 0. The molecule has 0 fully saturated rings. The fourth-order valence-corrected chi connectivity index (χ4v) is 0.450. The smallest absolute Gasteiger partial charge is 0.381 e. The third kappa shape index (κ3) is 2.48. The van der Waals surface area contributed by atoms with Gasteiger partial charge in [-0.25, -0.2) is 9.59 Å². The Balaban J connectivity index is 2.40. The van der Waals surface area contributed by atoms with Gasteiger partial charge in [0.1, 0.15) is 0 Å². The number of esters is 2. The molecule has 0 radical (unpaired) electrons. The van der Waals surface area contributed by atoms with Crippen LogP contribution in [0.1, 0.15) is 0 Å². The van der Waals surface area contributed by atoms with Crippen molar-refractivity contribution < 1.29 is 23.8 Å². The fraction of sp³-hybridized carbons (Fsp3) is 0. The van der Waals surface area contributed by atoms with E-state index in [1.807, 2.05) is 0 Å². The third-order valence-corrected chi connectivity index (χ3v) is 1.03. The van der Waals surface area contributed by atoms with Crippen molar-refractivity contribution in [1.29, 1.82) is 0 Å². The maximum absolute atomic E-state index is 10.5. The fourth-order valence-electron chi connectivity index (χ4n) is 0.450. The van der Waals surface area contributed by atoms with Crippen LogP contribution in [0.2, 0.25) is 0 Å². The Morgan fingerprint density at radius 3 is 1.77 bits per heavy atom. The summed E-state index contributed by atoms with van der Waals surface area (Å²) < 4.78 is 13.4. The van der Waals surface area contributed by atoms with Crippen LogP contribution in [-0.4, -0.2) is 11.9 Å². The summed E-state index contributed by atoms with van der Waals surface area (Å²) in [6.07, 6.45) is 1.92. The zero-order valence-electron chi connectivity index (χ0n) is 6.61. The quantitative estimate of drug-likeness (QED) is 0.470. The Kier molecular flexibility index (Phi) is 2.49. The molecule has 0 aromatic rings. The largest absolute Gasteiger partial charge is 0.384 e. The summed E-state index contributed by atoms with van der Waals surface area (Å²) in [5, 5.41) is 0. The predicted octanol–water partition coefficient (Wildman–Crippen LogP) is 0.602. The molecule has 0 spiro atoms. The van der Waals surface area contributed by atoms with Crippen LogP contribution in [0, 0.1) is 0 Å². The SMILES string of the molecule is C=CC(=O)OC1=C(OC(=O)C=C)O1. The van der Waals surface area contributed by atoms with Crippen LogP contribution in [0.15, 0.2) is 37.2 Å². The lowest BCUT2D eigenvalue weighted by atomic mass is 10.7. The highest BCUT2D eigenvalue weighted by Crippen LogP contribution is 2.28. The molecule has 0 saturated carbocycles. The predicted molar refractivity (Wildman–Crippen MR) is 40.7 cm³/mol. The van der Waals surface area contributed by atoms with Gasteiger partial charge in [0.2, 0.25) is 0 Å². The van der Waals surface area contributed by atoms with Gasteiger partial charge >= 0.3 is 23.8 Å². The van der Waals surface area contributed by atoms with Gasteiger partial charge in [-0.3, -0.25) is 0 Å². The van der Waals surface area contributed by atoms with Gasteiger partial charge in [0.05, 0.1) is 0 Å². The van der Waals surface area contributed by atoms with E-state index in [0.717, 1.165) is 12.2 Å². The molecular formula is C8H6O5. The normalized spacial score (nSPS) is 12.6. The van der Waals surface area contributed by atoms with Crippen LogP contribution >= 0.6 is 0 Å². The monoisotopic (exact) mass is 182 g/mol. The van der Waals surface area contributed by atoms with Crippen molar-refractivity contribution in [3.8, 4) is 0 Å². The summed E-state index contributed by atoms with van der Waals surface area (Å²) in [7, 11) is 0. The minimum Gasteiger partial charge on any atom is -0.384 e. The van der Waals surface area contributed by atoms with Crippen LogP contribution in [0.4, 0.5) is 0 Å². The zero-order valence-corrected chi connectivity index (χ0v) is 6.61. The second kappa shape index (κ2) is 3.57. The molecule has 0 aromatic carbocycles. The second-order valence-electron chi connectivity index (χ2n) is 1.93. The number of carbonyl (C=O) groups excluding carboxylic acids is 2. The molecule has 1 aliphatic rings. The maximum Gasteiger partial charge on any atom is 0.381 e. The Morgan fingerprint density at radius 1 is 1.08 bits per heavy atom. The first-order chi connectivity index (χ1) is 6.17. The van der Waals surface area contributed by atoms with Crippen LogP contribution in [0.25, 0.3) is 0 Å². The molecule has 13 heavy (non-hydrogen) atoms. The van der Waals surface area contributed by atoms with E-state index >= 15 is 0 Å². The number of hydrogen-bond acceptors (Lipinski definition) is 5. The Morgan fingerprint density at radius 2 is 1.46 bits per heavy atom. The first-order valence-corrected chi connectivity index (χ1v) is 3.28. The molecule has 68 valence electrons. The molecule has 5 nitrogen and oxygen atoms in total. The van der Waals surface area contributed by atoms with Crippen molar-refractivity contribution in [2.75, 3.05) is 0 Å². The van der Waals surface area contributed by atoms with E-state index in [4.69, 9.17) is 0 Å². The molecule has 0 aromatic heterocycles. The van der Waals surface area contributed by atoms with Gasteiger partial charge in [0.25, 0.3) is 0 Å². The molecule has 0 bridgehead atoms. The highest BCUT2D eigenvalue weighted by molar-refractivity contribution is 5.83. The molecule has 0 aliphatic carbocycles. The molecule has 0 N–H and O–H groups in total. The second-order valence-corrected chi connectivity index (χ2v) is 1.93. The molecule has 5 heteroatoms. The van der Waals surface area contributed by atoms with E-state index in [2.05, 4.69) is 27.4 Å². The summed E-state index contributed by atoms with van der Waals surface area (Å²) in [6, 6.07) is 0. The third-order valence-electron chi connectivity index (χ3n) is 1.03. The van der Waals surface area contributed by atoms with Crippen LogP contribution < -0.4 is 0 Å². The lowest BCUT2D eigenvalue weighted by molar-refractivity contribution is -0.135. The minimum absolute atomic E-state index is 0.125. The summed E-state index contributed by atoms with van der Waals surface area (Å²) >= 11 is 0. The molecule has 0 saturated heterocycles. The molecule has 0 atom stereocenters. The van der Waals surface area contributed by atoms with Crippen molar-refractivity contribution in [1.82, 2.24) is 0 Å². The number of hydrogen-bond donors (Lipinski definition) is 0. The van der Waals surface area contributed by atoms with E-state index in [-0.39, 0.29) is 11.9 Å². The van der Waals surface area contributed by atoms with E-state index in [0.29, 0.717) is 0 Å². The van der Waals surface area contributed by atoms with Crippen LogP contribution in [-0.2, 0) is 23.8 Å². The van der Waals surface area contributed by atoms with Gasteiger partial charge in [-0.1, -0.05) is 13.2 Å². The van der Waals surface area contributed by atoms with Gasteiger partial charge in [0, 0.05) is 12.2 Å². The van der Waals surface area contributed by atoms with Crippen molar-refractivity contribution in [2.24, 2.45) is 0 Å². The van der Waals surface area contributed by atoms with Crippen molar-refractivity contribution >= 4 is 11.9 Å². The van der Waals surface area contributed by atoms with Gasteiger partial charge in [-0.2, -0.15) is 0 Å². The van der Waals surface area contributed by atoms with Gasteiger partial charge in [0.15, 0.2) is 0 Å². The molecular weight excluding hydrogens is 176 g/mol. The summed E-state index contributed by atoms with van der Waals surface area (Å²) in [4.78, 5) is 21.1. The Labute approximate surface area is 73.9 Å². The molecule has 1 heterocycles. The van der Waals surface area contributed by atoms with Crippen LogP contribution in [0.3, 0.4) is 0 Å². The minimum atomic E-state index is -0.681. The standard InChI is InChI=1S/C8H6O5/c1-3-5(9)11-7-8(13-7)12-6(10)4-2/h3-4H,1-2H2. The van der Waals surface area contributed by atoms with Crippen molar-refractivity contribution in [3.63, 3.8) is 0 Å². The lowest BCUT2D eigenvalue weighted by Gasteiger charge is -1.85. The number of carbonyl (C=O) groups is 2. The first kappa shape index (κ1) is 9.05. The molecule has 0 unspecified atom stereocenters. The summed E-state index contributed by atoms with van der Waals surface area (Å²) in [6.45, 7) is 6.33. The maximum atomic E-state index is 10.5. The number of rotatable bonds is 4. The van der Waals surface area contributed by atoms with Gasteiger partial charge < -0.3 is 14.2 Å². The molecule has 1 aliphatic heterocycles. The Bertz CT molecular complexity index is 282. The zero-order chi connectivity index (χ0) is 9.84. The van der Waals surface area contributed by atoms with Gasteiger partial charge in [-0.15, -0.1) is 0 Å². The molecule has 0 amide bonds. The van der Waals surface area contributed by atoms with Gasteiger partial charge in [-0.05, 0) is 0 Å². The van der Waals surface area contributed by atoms with Crippen molar-refractivity contribution in [2.45, 2.75) is 0 Å². The topological polar surface area (TPSA) is 65.1 Å². The van der Waals surface area contributed by atoms with Crippen LogP contribution in [0.5, 0.6) is 0 Å². The van der Waals surface area contributed by atoms with E-state index < -0.39 is 11.9 Å². The van der Waals surface area contributed by atoms with E-state index in [1.54, 1.807) is 0 Å². The van der Waals surface area contributed by atoms with E-state index in [9.17, 15) is 9.59 Å². The first-order valence-electron chi connectivity index (χ1n) is 3.28. The average molecular weight is 182 g/mol. The van der Waals surface area contributed by atoms with E-state index in [1.165, 1.54) is 0 Å². The lowest BCUT2D eigenvalue weighted by Crippen LogP contribution is -1.95. The number of ether oxygens (including phenoxy) is 3. The summed E-state index contributed by atoms with van der Waals surface area (Å²) in [5.74, 6) is -1.61. The average Bonchev–Trinajstić information content (AvgIpc) is 2.83.